The third kappa shape index (κ3) is 3.19. The van der Waals surface area contributed by atoms with E-state index in [1.54, 1.807) is 12.1 Å². The summed E-state index contributed by atoms with van der Waals surface area (Å²) in [4.78, 5) is 2.31. The van der Waals surface area contributed by atoms with Crippen molar-refractivity contribution in [3.05, 3.63) is 34.6 Å². The molecule has 0 spiro atoms. The van der Waals surface area contributed by atoms with E-state index in [-0.39, 0.29) is 5.82 Å². The number of nitrogens with zero attached hydrogens (tertiary/aromatic N) is 1. The molecule has 1 fully saturated rings. The van der Waals surface area contributed by atoms with Crippen molar-refractivity contribution in [3.63, 3.8) is 0 Å². The molecule has 1 aliphatic carbocycles. The van der Waals surface area contributed by atoms with Gasteiger partial charge < -0.3 is 0 Å². The van der Waals surface area contributed by atoms with Gasteiger partial charge in [-0.1, -0.05) is 27.5 Å². The van der Waals surface area contributed by atoms with Gasteiger partial charge in [-0.25, -0.2) is 4.39 Å². The van der Waals surface area contributed by atoms with E-state index < -0.39 is 0 Å². The summed E-state index contributed by atoms with van der Waals surface area (Å²) in [5.74, 6) is -0.162. The number of hydrogen-bond acceptors (Lipinski definition) is 1. The topological polar surface area (TPSA) is 3.24 Å². The van der Waals surface area contributed by atoms with Crippen LogP contribution >= 0.6 is 27.5 Å². The van der Waals surface area contributed by atoms with Crippen LogP contribution in [0.3, 0.4) is 0 Å². The Labute approximate surface area is 109 Å². The van der Waals surface area contributed by atoms with Crippen molar-refractivity contribution in [3.8, 4) is 0 Å². The Morgan fingerprint density at radius 1 is 1.44 bits per heavy atom. The molecule has 16 heavy (non-hydrogen) atoms. The van der Waals surface area contributed by atoms with Gasteiger partial charge in [0.2, 0.25) is 0 Å². The average molecular weight is 307 g/mol. The van der Waals surface area contributed by atoms with Gasteiger partial charge in [-0.05, 0) is 31.0 Å². The molecule has 88 valence electrons. The SMILES string of the molecule is Fc1ccc(Cl)cc1CN(CCBr)C1CC1. The van der Waals surface area contributed by atoms with Gasteiger partial charge in [0.15, 0.2) is 0 Å². The van der Waals surface area contributed by atoms with Crippen LogP contribution in [-0.2, 0) is 6.54 Å². The lowest BCUT2D eigenvalue weighted by Crippen LogP contribution is -2.27. The van der Waals surface area contributed by atoms with Gasteiger partial charge in [-0.3, -0.25) is 4.90 Å². The number of halogens is 3. The summed E-state index contributed by atoms with van der Waals surface area (Å²) in [6, 6.07) is 5.39. The van der Waals surface area contributed by atoms with Gasteiger partial charge in [0.25, 0.3) is 0 Å². The van der Waals surface area contributed by atoms with Crippen LogP contribution in [-0.4, -0.2) is 22.8 Å². The van der Waals surface area contributed by atoms with Crippen molar-refractivity contribution in [2.24, 2.45) is 0 Å². The second-order valence-corrected chi connectivity index (χ2v) is 5.36. The van der Waals surface area contributed by atoms with Crippen molar-refractivity contribution >= 4 is 27.5 Å². The molecular formula is C12H14BrClFN. The normalized spacial score (nSPS) is 15.8. The molecule has 1 aromatic carbocycles. The molecule has 1 aliphatic rings. The lowest BCUT2D eigenvalue weighted by Gasteiger charge is -2.21. The maximum atomic E-state index is 13.6. The fourth-order valence-electron chi connectivity index (χ4n) is 1.82. The van der Waals surface area contributed by atoms with E-state index in [9.17, 15) is 4.39 Å². The van der Waals surface area contributed by atoms with Crippen LogP contribution in [0.4, 0.5) is 4.39 Å². The summed E-state index contributed by atoms with van der Waals surface area (Å²) in [6.07, 6.45) is 2.46. The van der Waals surface area contributed by atoms with E-state index in [0.717, 1.165) is 11.9 Å². The van der Waals surface area contributed by atoms with Crippen LogP contribution in [0, 0.1) is 5.82 Å². The predicted octanol–water partition coefficient (Wildman–Crippen LogP) is 3.84. The van der Waals surface area contributed by atoms with E-state index in [0.29, 0.717) is 23.2 Å². The molecule has 0 amide bonds. The summed E-state index contributed by atoms with van der Waals surface area (Å²) >= 11 is 9.31. The van der Waals surface area contributed by atoms with E-state index in [2.05, 4.69) is 20.8 Å². The third-order valence-electron chi connectivity index (χ3n) is 2.82. The molecule has 0 bridgehead atoms. The average Bonchev–Trinajstić information content (AvgIpc) is 3.06. The van der Waals surface area contributed by atoms with Gasteiger partial charge in [0.05, 0.1) is 0 Å². The van der Waals surface area contributed by atoms with Crippen molar-refractivity contribution in [2.45, 2.75) is 25.4 Å². The Balaban J connectivity index is 2.08. The van der Waals surface area contributed by atoms with Gasteiger partial charge in [0.1, 0.15) is 5.82 Å². The first-order valence-corrected chi connectivity index (χ1v) is 6.94. The zero-order valence-electron chi connectivity index (χ0n) is 8.93. The Bertz CT molecular complexity index is 368. The van der Waals surface area contributed by atoms with Crippen molar-refractivity contribution < 1.29 is 4.39 Å². The molecule has 0 heterocycles. The van der Waals surface area contributed by atoms with Crippen LogP contribution in [0.2, 0.25) is 5.02 Å². The summed E-state index contributed by atoms with van der Waals surface area (Å²) in [5, 5.41) is 1.53. The minimum atomic E-state index is -0.162. The van der Waals surface area contributed by atoms with Crippen LogP contribution < -0.4 is 0 Å². The molecule has 1 aromatic rings. The molecule has 0 aromatic heterocycles. The van der Waals surface area contributed by atoms with Crippen molar-refractivity contribution in [1.29, 1.82) is 0 Å². The Morgan fingerprint density at radius 3 is 2.81 bits per heavy atom. The molecule has 0 saturated heterocycles. The highest BCUT2D eigenvalue weighted by Crippen LogP contribution is 2.29. The largest absolute Gasteiger partial charge is 0.295 e. The molecule has 0 unspecified atom stereocenters. The summed E-state index contributed by atoms with van der Waals surface area (Å²) in [6.45, 7) is 1.61. The Morgan fingerprint density at radius 2 is 2.19 bits per heavy atom. The zero-order chi connectivity index (χ0) is 11.5. The first kappa shape index (κ1) is 12.3. The molecule has 0 N–H and O–H groups in total. The number of benzene rings is 1. The molecule has 1 nitrogen and oxygen atoms in total. The summed E-state index contributed by atoms with van der Waals surface area (Å²) in [7, 11) is 0. The van der Waals surface area contributed by atoms with Crippen LogP contribution in [0.1, 0.15) is 18.4 Å². The molecular weight excluding hydrogens is 292 g/mol. The van der Waals surface area contributed by atoms with E-state index in [1.807, 2.05) is 0 Å². The van der Waals surface area contributed by atoms with Crippen LogP contribution in [0.5, 0.6) is 0 Å². The number of hydrogen-bond donors (Lipinski definition) is 0. The number of rotatable bonds is 5. The van der Waals surface area contributed by atoms with Crippen molar-refractivity contribution in [2.75, 3.05) is 11.9 Å². The molecule has 1 saturated carbocycles. The summed E-state index contributed by atoms with van der Waals surface area (Å²) in [5.41, 5.74) is 0.695. The smallest absolute Gasteiger partial charge is 0.127 e. The van der Waals surface area contributed by atoms with Gasteiger partial charge in [0, 0.05) is 35.0 Å². The minimum Gasteiger partial charge on any atom is -0.295 e. The van der Waals surface area contributed by atoms with Gasteiger partial charge in [-0.15, -0.1) is 0 Å². The summed E-state index contributed by atoms with van der Waals surface area (Å²) < 4.78 is 13.6. The quantitative estimate of drug-likeness (QED) is 0.747. The first-order chi connectivity index (χ1) is 7.70. The van der Waals surface area contributed by atoms with E-state index in [1.165, 1.54) is 18.9 Å². The fourth-order valence-corrected chi connectivity index (χ4v) is 2.47. The maximum absolute atomic E-state index is 13.6. The lowest BCUT2D eigenvalue weighted by atomic mass is 10.2. The zero-order valence-corrected chi connectivity index (χ0v) is 11.3. The Hall–Kier alpha value is -0.120. The second-order valence-electron chi connectivity index (χ2n) is 4.13. The minimum absolute atomic E-state index is 0.162. The maximum Gasteiger partial charge on any atom is 0.127 e. The first-order valence-electron chi connectivity index (χ1n) is 5.44. The number of alkyl halides is 1. The second kappa shape index (κ2) is 5.48. The standard InChI is InChI=1S/C12H14BrClFN/c13-5-6-16(11-2-3-11)8-9-7-10(14)1-4-12(9)15/h1,4,7,11H,2-3,5-6,8H2. The van der Waals surface area contributed by atoms with Crippen LogP contribution in [0.25, 0.3) is 0 Å². The highest BCUT2D eigenvalue weighted by molar-refractivity contribution is 9.09. The molecule has 0 radical (unpaired) electrons. The van der Waals surface area contributed by atoms with E-state index >= 15 is 0 Å². The lowest BCUT2D eigenvalue weighted by molar-refractivity contribution is 0.268. The van der Waals surface area contributed by atoms with Crippen molar-refractivity contribution in [1.82, 2.24) is 4.90 Å². The highest BCUT2D eigenvalue weighted by Gasteiger charge is 2.28. The van der Waals surface area contributed by atoms with E-state index in [4.69, 9.17) is 11.6 Å². The highest BCUT2D eigenvalue weighted by atomic mass is 79.9. The van der Waals surface area contributed by atoms with Gasteiger partial charge in [-0.2, -0.15) is 0 Å². The predicted molar refractivity (Wildman–Crippen MR) is 68.6 cm³/mol. The molecule has 0 atom stereocenters. The molecule has 2 rings (SSSR count). The third-order valence-corrected chi connectivity index (χ3v) is 3.41. The fraction of sp³-hybridized carbons (Fsp3) is 0.500. The monoisotopic (exact) mass is 305 g/mol. The van der Waals surface area contributed by atoms with Crippen LogP contribution in [0.15, 0.2) is 18.2 Å². The Kier molecular flexibility index (Phi) is 4.22. The molecule has 4 heteroatoms. The molecule has 0 aliphatic heterocycles. The van der Waals surface area contributed by atoms with Gasteiger partial charge >= 0.3 is 0 Å².